The summed E-state index contributed by atoms with van der Waals surface area (Å²) in [6.07, 6.45) is -4.64. The van der Waals surface area contributed by atoms with Crippen molar-refractivity contribution in [2.75, 3.05) is 13.1 Å². The van der Waals surface area contributed by atoms with Gasteiger partial charge in [-0.15, -0.1) is 4.72 Å². The molecule has 0 saturated heterocycles. The number of halogens is 3. The van der Waals surface area contributed by atoms with Crippen LogP contribution >= 0.6 is 11.3 Å². The number of hydrogen-bond acceptors (Lipinski definition) is 4. The van der Waals surface area contributed by atoms with Crippen molar-refractivity contribution in [2.45, 2.75) is 11.1 Å². The van der Waals surface area contributed by atoms with E-state index in [0.717, 1.165) is 29.3 Å². The summed E-state index contributed by atoms with van der Waals surface area (Å²) in [6.45, 7) is -0.200. The van der Waals surface area contributed by atoms with Crippen LogP contribution in [-0.2, 0) is 20.8 Å². The first-order chi connectivity index (χ1) is 14.2. The summed E-state index contributed by atoms with van der Waals surface area (Å²) in [5, 5.41) is 6.47. The standard InChI is InChI=1S/C20H17F3N2O3S2/c21-20(22,23)17-5-2-6-18(12-17)30(27,28)25-9-8-24-19(26)15-4-1-3-14(11-15)16-7-10-29-13-16/h1-7,10-13H,8-9H2,(H2-,24,25,26,27,28). The fraction of sp³-hybridized carbons (Fsp3) is 0.150. The predicted molar refractivity (Wildman–Crippen MR) is 109 cm³/mol. The van der Waals surface area contributed by atoms with E-state index in [9.17, 15) is 26.7 Å². The van der Waals surface area contributed by atoms with Crippen molar-refractivity contribution in [1.29, 1.82) is 0 Å². The summed E-state index contributed by atoms with van der Waals surface area (Å²) in [7, 11) is -4.14. The Morgan fingerprint density at radius 2 is 1.80 bits per heavy atom. The molecule has 1 heterocycles. The maximum Gasteiger partial charge on any atom is 0.416 e. The third-order valence-electron chi connectivity index (χ3n) is 4.15. The summed E-state index contributed by atoms with van der Waals surface area (Å²) >= 11 is 1.54. The molecule has 0 bridgehead atoms. The molecule has 0 saturated carbocycles. The summed E-state index contributed by atoms with van der Waals surface area (Å²) < 4.78 is 64.9. The van der Waals surface area contributed by atoms with Gasteiger partial charge < -0.3 is 9.87 Å². The van der Waals surface area contributed by atoms with Crippen molar-refractivity contribution in [3.8, 4) is 11.1 Å². The van der Waals surface area contributed by atoms with Crippen molar-refractivity contribution >= 4 is 27.6 Å². The quantitative estimate of drug-likeness (QED) is 0.411. The van der Waals surface area contributed by atoms with Crippen molar-refractivity contribution in [3.63, 3.8) is 0 Å². The molecule has 5 nitrogen and oxygen atoms in total. The van der Waals surface area contributed by atoms with Crippen LogP contribution in [0, 0.1) is 0 Å². The molecule has 1 aromatic heterocycles. The molecule has 0 radical (unpaired) electrons. The highest BCUT2D eigenvalue weighted by molar-refractivity contribution is 7.95. The van der Waals surface area contributed by atoms with Gasteiger partial charge in [0.15, 0.2) is 15.3 Å². The lowest BCUT2D eigenvalue weighted by Gasteiger charge is -2.16. The average molecular weight is 454 g/mol. The number of thiophene rings is 1. The van der Waals surface area contributed by atoms with Gasteiger partial charge in [-0.05, 0) is 52.2 Å². The summed E-state index contributed by atoms with van der Waals surface area (Å²) in [4.78, 5) is 11.8. The lowest BCUT2D eigenvalue weighted by Crippen LogP contribution is -2.37. The molecule has 1 unspecified atom stereocenters. The van der Waals surface area contributed by atoms with Crippen LogP contribution in [0.15, 0.2) is 70.3 Å². The van der Waals surface area contributed by atoms with Crippen LogP contribution in [0.4, 0.5) is 13.2 Å². The molecule has 3 aromatic rings. The summed E-state index contributed by atoms with van der Waals surface area (Å²) in [5.41, 5.74) is 1.24. The van der Waals surface area contributed by atoms with Crippen molar-refractivity contribution in [1.82, 2.24) is 10.0 Å². The minimum absolute atomic E-state index is 0.0281. The number of carbonyl (C=O) groups is 1. The molecule has 2 N–H and O–H groups in total. The monoisotopic (exact) mass is 454 g/mol. The number of alkyl halides is 3. The molecule has 0 aliphatic heterocycles. The van der Waals surface area contributed by atoms with Gasteiger partial charge >= 0.3 is 6.18 Å². The SMILES string of the molecule is O=C(NCCN[S+](=O)([O-])c1cccc(C(F)(F)F)c1)c1cccc(-c2ccsc2)c1. The minimum Gasteiger partial charge on any atom is -0.593 e. The van der Waals surface area contributed by atoms with E-state index in [2.05, 4.69) is 10.0 Å². The Bertz CT molecular complexity index is 1070. The van der Waals surface area contributed by atoms with Crippen LogP contribution < -0.4 is 10.0 Å². The zero-order valence-electron chi connectivity index (χ0n) is 15.4. The Morgan fingerprint density at radius 1 is 1.03 bits per heavy atom. The maximum atomic E-state index is 12.8. The first kappa shape index (κ1) is 22.2. The summed E-state index contributed by atoms with van der Waals surface area (Å²) in [6, 6.07) is 12.4. The third kappa shape index (κ3) is 5.54. The van der Waals surface area contributed by atoms with Crippen LogP contribution in [0.1, 0.15) is 15.9 Å². The lowest BCUT2D eigenvalue weighted by molar-refractivity contribution is -0.137. The Hall–Kier alpha value is -2.53. The molecule has 1 amide bonds. The molecule has 0 spiro atoms. The van der Waals surface area contributed by atoms with Gasteiger partial charge in [0.25, 0.3) is 5.91 Å². The van der Waals surface area contributed by atoms with E-state index in [-0.39, 0.29) is 19.0 Å². The number of sulfonamides is 1. The number of amides is 1. The van der Waals surface area contributed by atoms with E-state index in [1.807, 2.05) is 22.9 Å². The molecular formula is C20H17F3N2O3S2. The van der Waals surface area contributed by atoms with Gasteiger partial charge in [0, 0.05) is 18.2 Å². The molecule has 0 aliphatic carbocycles. The van der Waals surface area contributed by atoms with Gasteiger partial charge in [-0.25, -0.2) is 0 Å². The van der Waals surface area contributed by atoms with Gasteiger partial charge in [0.05, 0.1) is 12.1 Å². The molecule has 158 valence electrons. The maximum absolute atomic E-state index is 12.8. The fourth-order valence-electron chi connectivity index (χ4n) is 2.66. The Kier molecular flexibility index (Phi) is 6.71. The van der Waals surface area contributed by atoms with Gasteiger partial charge in [0.1, 0.15) is 0 Å². The topological polar surface area (TPSA) is 81.3 Å². The van der Waals surface area contributed by atoms with E-state index in [1.165, 1.54) is 11.3 Å². The zero-order valence-corrected chi connectivity index (χ0v) is 17.1. The van der Waals surface area contributed by atoms with E-state index in [1.54, 1.807) is 18.2 Å². The van der Waals surface area contributed by atoms with E-state index < -0.39 is 27.0 Å². The molecule has 2 aromatic carbocycles. The highest BCUT2D eigenvalue weighted by atomic mass is 32.3. The molecule has 1 atom stereocenters. The number of benzene rings is 2. The Balaban J connectivity index is 1.56. The van der Waals surface area contributed by atoms with Crippen LogP contribution in [-0.4, -0.2) is 23.5 Å². The number of rotatable bonds is 7. The van der Waals surface area contributed by atoms with Crippen molar-refractivity contribution < 1.29 is 26.7 Å². The molecule has 10 heteroatoms. The molecule has 0 aliphatic rings. The second kappa shape index (κ2) is 9.09. The molecule has 3 rings (SSSR count). The van der Waals surface area contributed by atoms with Crippen molar-refractivity contribution in [2.24, 2.45) is 0 Å². The predicted octanol–water partition coefficient (Wildman–Crippen LogP) is 4.36. The normalized spacial score (nSPS) is 13.6. The Labute approximate surface area is 176 Å². The number of nitrogens with one attached hydrogen (secondary N) is 2. The van der Waals surface area contributed by atoms with E-state index in [4.69, 9.17) is 0 Å². The summed E-state index contributed by atoms with van der Waals surface area (Å²) in [5.74, 6) is -0.384. The van der Waals surface area contributed by atoms with Crippen molar-refractivity contribution in [3.05, 3.63) is 76.5 Å². The smallest absolute Gasteiger partial charge is 0.416 e. The second-order valence-electron chi connectivity index (χ2n) is 6.27. The van der Waals surface area contributed by atoms with Crippen LogP contribution in [0.5, 0.6) is 0 Å². The lowest BCUT2D eigenvalue weighted by atomic mass is 10.1. The molecule has 30 heavy (non-hydrogen) atoms. The zero-order chi connectivity index (χ0) is 21.8. The number of carbonyl (C=O) groups excluding carboxylic acids is 1. The van der Waals surface area contributed by atoms with Crippen LogP contribution in [0.3, 0.4) is 0 Å². The fourth-order valence-corrected chi connectivity index (χ4v) is 4.40. The van der Waals surface area contributed by atoms with Crippen LogP contribution in [0.2, 0.25) is 0 Å². The van der Waals surface area contributed by atoms with Crippen LogP contribution in [0.25, 0.3) is 11.1 Å². The molecule has 0 fully saturated rings. The van der Waals surface area contributed by atoms with Gasteiger partial charge in [-0.3, -0.25) is 4.79 Å². The number of hydrogen-bond donors (Lipinski definition) is 2. The first-order valence-electron chi connectivity index (χ1n) is 8.74. The second-order valence-corrected chi connectivity index (χ2v) is 8.82. The highest BCUT2D eigenvalue weighted by Crippen LogP contribution is 2.31. The minimum atomic E-state index is -4.64. The van der Waals surface area contributed by atoms with Gasteiger partial charge in [-0.1, -0.05) is 22.4 Å². The van der Waals surface area contributed by atoms with E-state index in [0.29, 0.717) is 11.6 Å². The largest absolute Gasteiger partial charge is 0.593 e. The first-order valence-corrected chi connectivity index (χ1v) is 11.2. The van der Waals surface area contributed by atoms with E-state index >= 15 is 0 Å². The van der Waals surface area contributed by atoms with Gasteiger partial charge in [0.2, 0.25) is 0 Å². The van der Waals surface area contributed by atoms with Gasteiger partial charge in [-0.2, -0.15) is 24.5 Å². The average Bonchev–Trinajstić information content (AvgIpc) is 3.26. The third-order valence-corrected chi connectivity index (χ3v) is 6.30. The highest BCUT2D eigenvalue weighted by Gasteiger charge is 2.32. The molecular weight excluding hydrogens is 437 g/mol. The Morgan fingerprint density at radius 3 is 2.50 bits per heavy atom.